The van der Waals surface area contributed by atoms with Crippen LogP contribution in [-0.4, -0.2) is 35.5 Å². The summed E-state index contributed by atoms with van der Waals surface area (Å²) >= 11 is 0. The lowest BCUT2D eigenvalue weighted by molar-refractivity contribution is 0.101. The van der Waals surface area contributed by atoms with Gasteiger partial charge in [0.1, 0.15) is 5.82 Å². The maximum absolute atomic E-state index is 14.7. The summed E-state index contributed by atoms with van der Waals surface area (Å²) in [6.07, 6.45) is 3.55. The van der Waals surface area contributed by atoms with Crippen LogP contribution in [0.5, 0.6) is 0 Å². The van der Waals surface area contributed by atoms with Crippen molar-refractivity contribution < 1.29 is 9.18 Å². The summed E-state index contributed by atoms with van der Waals surface area (Å²) < 4.78 is 14.7. The normalized spacial score (nSPS) is 14.6. The third-order valence-electron chi connectivity index (χ3n) is 5.96. The van der Waals surface area contributed by atoms with Gasteiger partial charge < -0.3 is 20.9 Å². The van der Waals surface area contributed by atoms with Gasteiger partial charge in [-0.15, -0.1) is 0 Å². The minimum atomic E-state index is -0.403. The van der Waals surface area contributed by atoms with E-state index in [0.717, 1.165) is 29.5 Å². The van der Waals surface area contributed by atoms with E-state index in [2.05, 4.69) is 15.3 Å². The predicted octanol–water partition coefficient (Wildman–Crippen LogP) is 4.26. The summed E-state index contributed by atoms with van der Waals surface area (Å²) in [5, 5.41) is 2.84. The summed E-state index contributed by atoms with van der Waals surface area (Å²) in [6, 6.07) is 10.9. The molecule has 4 N–H and O–H groups in total. The number of nitrogens with zero attached hydrogens (tertiary/aromatic N) is 2. The molecule has 7 heteroatoms. The quantitative estimate of drug-likeness (QED) is 0.574. The number of amides is 1. The van der Waals surface area contributed by atoms with E-state index < -0.39 is 5.91 Å². The molecule has 2 aromatic carbocycles. The second-order valence-corrected chi connectivity index (χ2v) is 8.21. The number of H-pyrrole nitrogens is 1. The highest BCUT2D eigenvalue weighted by Gasteiger charge is 2.24. The van der Waals surface area contributed by atoms with Crippen LogP contribution in [0.15, 0.2) is 42.6 Å². The molecule has 1 aromatic heterocycles. The third-order valence-corrected chi connectivity index (χ3v) is 5.96. The second kappa shape index (κ2) is 8.89. The number of nitrogens with two attached hydrogens (primary N) is 1. The Morgan fingerprint density at radius 2 is 2.03 bits per heavy atom. The van der Waals surface area contributed by atoms with E-state index in [0.29, 0.717) is 42.6 Å². The van der Waals surface area contributed by atoms with Crippen molar-refractivity contribution in [3.05, 3.63) is 65.4 Å². The van der Waals surface area contributed by atoms with Gasteiger partial charge in [0.05, 0.1) is 17.1 Å². The average Bonchev–Trinajstić information content (AvgIpc) is 3.26. The molecule has 1 amide bonds. The van der Waals surface area contributed by atoms with Crippen LogP contribution in [0.25, 0.3) is 11.3 Å². The van der Waals surface area contributed by atoms with Crippen LogP contribution in [0.1, 0.15) is 34.6 Å². The highest BCUT2D eigenvalue weighted by molar-refractivity contribution is 6.04. The largest absolute Gasteiger partial charge is 0.367 e. The zero-order valence-electron chi connectivity index (χ0n) is 17.9. The van der Waals surface area contributed by atoms with Crippen molar-refractivity contribution in [2.45, 2.75) is 26.7 Å². The number of hydrogen-bond acceptors (Lipinski definition) is 4. The fourth-order valence-electron chi connectivity index (χ4n) is 4.10. The molecule has 162 valence electrons. The van der Waals surface area contributed by atoms with Crippen LogP contribution in [0.3, 0.4) is 0 Å². The van der Waals surface area contributed by atoms with Crippen molar-refractivity contribution in [1.82, 2.24) is 9.97 Å². The van der Waals surface area contributed by atoms with Crippen molar-refractivity contribution in [2.24, 2.45) is 11.7 Å². The van der Waals surface area contributed by atoms with Gasteiger partial charge in [-0.05, 0) is 62.9 Å². The number of anilines is 2. The number of nitrogens with one attached hydrogen (secondary N) is 2. The molecule has 2 heterocycles. The monoisotopic (exact) mass is 421 g/mol. The Bertz CT molecular complexity index is 1090. The van der Waals surface area contributed by atoms with Crippen LogP contribution < -0.4 is 16.0 Å². The number of carbonyl (C=O) groups is 1. The molecule has 0 aliphatic carbocycles. The van der Waals surface area contributed by atoms with E-state index in [1.54, 1.807) is 18.3 Å². The molecule has 0 saturated carbocycles. The standard InChI is InChI=1S/C24H28FN5O/c1-15-6-7-16(2)18(12-15)21-14-27-23(28-21)24(31)29-20-5-3-4-19(25)22(20)30-10-8-17(13-26)9-11-30/h3-7,12,14,17H,8-11,13,26H2,1-2H3,(H,27,28)(H,29,31). The molecule has 4 rings (SSSR count). The number of carbonyl (C=O) groups excluding carboxylic acids is 1. The molecule has 1 aliphatic heterocycles. The van der Waals surface area contributed by atoms with Crippen molar-refractivity contribution in [3.8, 4) is 11.3 Å². The first-order valence-electron chi connectivity index (χ1n) is 10.6. The molecular formula is C24H28FN5O. The number of imidazole rings is 1. The predicted molar refractivity (Wildman–Crippen MR) is 122 cm³/mol. The molecule has 1 saturated heterocycles. The lowest BCUT2D eigenvalue weighted by atomic mass is 9.96. The minimum absolute atomic E-state index is 0.188. The molecule has 3 aromatic rings. The second-order valence-electron chi connectivity index (χ2n) is 8.21. The molecule has 0 spiro atoms. The first-order valence-corrected chi connectivity index (χ1v) is 10.6. The first kappa shape index (κ1) is 21.1. The molecule has 6 nitrogen and oxygen atoms in total. The lowest BCUT2D eigenvalue weighted by Gasteiger charge is -2.34. The maximum atomic E-state index is 14.7. The van der Waals surface area contributed by atoms with Crippen LogP contribution in [0, 0.1) is 25.6 Å². The SMILES string of the molecule is Cc1ccc(C)c(-c2c[nH]c(C(=O)Nc3cccc(F)c3N3CCC(CN)CC3)n2)c1. The van der Waals surface area contributed by atoms with E-state index in [1.165, 1.54) is 6.07 Å². The van der Waals surface area contributed by atoms with E-state index >= 15 is 0 Å². The van der Waals surface area contributed by atoms with Crippen LogP contribution in [-0.2, 0) is 0 Å². The third kappa shape index (κ3) is 4.46. The Morgan fingerprint density at radius 3 is 2.77 bits per heavy atom. The minimum Gasteiger partial charge on any atom is -0.367 e. The Labute approximate surface area is 181 Å². The molecule has 0 unspecified atom stereocenters. The van der Waals surface area contributed by atoms with Crippen molar-refractivity contribution in [3.63, 3.8) is 0 Å². The lowest BCUT2D eigenvalue weighted by Crippen LogP contribution is -2.37. The summed E-state index contributed by atoms with van der Waals surface area (Å²) in [5.74, 6) is -0.0968. The van der Waals surface area contributed by atoms with E-state index in [1.807, 2.05) is 36.9 Å². The smallest absolute Gasteiger partial charge is 0.291 e. The summed E-state index contributed by atoms with van der Waals surface area (Å²) in [7, 11) is 0. The van der Waals surface area contributed by atoms with Gasteiger partial charge in [-0.1, -0.05) is 23.8 Å². The van der Waals surface area contributed by atoms with Gasteiger partial charge in [0.15, 0.2) is 5.82 Å². The number of piperidine rings is 1. The number of halogens is 1. The number of benzene rings is 2. The van der Waals surface area contributed by atoms with Crippen LogP contribution >= 0.6 is 0 Å². The molecule has 0 bridgehead atoms. The number of rotatable bonds is 5. The van der Waals surface area contributed by atoms with Gasteiger partial charge in [-0.2, -0.15) is 0 Å². The molecular weight excluding hydrogens is 393 g/mol. The van der Waals surface area contributed by atoms with E-state index in [4.69, 9.17) is 5.73 Å². The van der Waals surface area contributed by atoms with E-state index in [-0.39, 0.29) is 11.6 Å². The number of aromatic nitrogens is 2. The molecule has 1 fully saturated rings. The molecule has 31 heavy (non-hydrogen) atoms. The van der Waals surface area contributed by atoms with Crippen molar-refractivity contribution in [2.75, 3.05) is 29.9 Å². The highest BCUT2D eigenvalue weighted by Crippen LogP contribution is 2.33. The van der Waals surface area contributed by atoms with Gasteiger partial charge in [-0.25, -0.2) is 9.37 Å². The number of hydrogen-bond donors (Lipinski definition) is 3. The molecule has 0 atom stereocenters. The maximum Gasteiger partial charge on any atom is 0.291 e. The average molecular weight is 422 g/mol. The fourth-order valence-corrected chi connectivity index (χ4v) is 4.10. The van der Waals surface area contributed by atoms with Crippen molar-refractivity contribution >= 4 is 17.3 Å². The molecule has 0 radical (unpaired) electrons. The fraction of sp³-hybridized carbons (Fsp3) is 0.333. The van der Waals surface area contributed by atoms with Gasteiger partial charge in [0, 0.05) is 24.8 Å². The number of aromatic amines is 1. The topological polar surface area (TPSA) is 87.0 Å². The Kier molecular flexibility index (Phi) is 6.04. The first-order chi connectivity index (χ1) is 15.0. The Hall–Kier alpha value is -3.19. The van der Waals surface area contributed by atoms with Crippen LogP contribution in [0.2, 0.25) is 0 Å². The zero-order valence-corrected chi connectivity index (χ0v) is 17.9. The Morgan fingerprint density at radius 1 is 1.26 bits per heavy atom. The summed E-state index contributed by atoms with van der Waals surface area (Å²) in [6.45, 7) is 6.10. The summed E-state index contributed by atoms with van der Waals surface area (Å²) in [5.41, 5.74) is 10.5. The summed E-state index contributed by atoms with van der Waals surface area (Å²) in [4.78, 5) is 22.3. The molecule has 1 aliphatic rings. The Balaban J connectivity index is 1.55. The van der Waals surface area contributed by atoms with Gasteiger partial charge >= 0.3 is 0 Å². The van der Waals surface area contributed by atoms with E-state index in [9.17, 15) is 9.18 Å². The zero-order chi connectivity index (χ0) is 22.0. The highest BCUT2D eigenvalue weighted by atomic mass is 19.1. The van der Waals surface area contributed by atoms with Gasteiger partial charge in [0.2, 0.25) is 0 Å². The number of para-hydroxylation sites is 1. The van der Waals surface area contributed by atoms with Crippen LogP contribution in [0.4, 0.5) is 15.8 Å². The van der Waals surface area contributed by atoms with Crippen molar-refractivity contribution in [1.29, 1.82) is 0 Å². The van der Waals surface area contributed by atoms with Gasteiger partial charge in [-0.3, -0.25) is 4.79 Å². The van der Waals surface area contributed by atoms with Gasteiger partial charge in [0.25, 0.3) is 5.91 Å². The number of aryl methyl sites for hydroxylation is 2.